The van der Waals surface area contributed by atoms with Crippen LogP contribution in [0.2, 0.25) is 0 Å². The van der Waals surface area contributed by atoms with Gasteiger partial charge in [-0.3, -0.25) is 4.79 Å². The lowest BCUT2D eigenvalue weighted by molar-refractivity contribution is -0.127. The number of carbonyl (C=O) groups excluding carboxylic acids is 1. The van der Waals surface area contributed by atoms with E-state index in [1.165, 1.54) is 38.5 Å². The fourth-order valence-corrected chi connectivity index (χ4v) is 3.60. The van der Waals surface area contributed by atoms with Crippen molar-refractivity contribution >= 4 is 5.91 Å². The first-order valence-electron chi connectivity index (χ1n) is 7.77. The lowest BCUT2D eigenvalue weighted by Crippen LogP contribution is -2.60. The number of hydrogen-bond donors (Lipinski definition) is 2. The Morgan fingerprint density at radius 3 is 2.16 bits per heavy atom. The van der Waals surface area contributed by atoms with Crippen LogP contribution in [0.15, 0.2) is 0 Å². The Morgan fingerprint density at radius 2 is 1.68 bits per heavy atom. The number of hydrogen-bond acceptors (Lipinski definition) is 3. The summed E-state index contributed by atoms with van der Waals surface area (Å²) in [5.74, 6) is -0.175. The first-order chi connectivity index (χ1) is 9.16. The Labute approximate surface area is 116 Å². The molecule has 1 amide bonds. The number of nitrogens with one attached hydrogen (secondary N) is 1. The first kappa shape index (κ1) is 14.8. The van der Waals surface area contributed by atoms with Crippen LogP contribution in [0.4, 0.5) is 0 Å². The summed E-state index contributed by atoms with van der Waals surface area (Å²) in [5, 5.41) is 3.63. The van der Waals surface area contributed by atoms with E-state index in [-0.39, 0.29) is 5.91 Å². The van der Waals surface area contributed by atoms with Gasteiger partial charge in [0.2, 0.25) is 5.91 Å². The van der Waals surface area contributed by atoms with Crippen LogP contribution in [0.25, 0.3) is 0 Å². The van der Waals surface area contributed by atoms with Crippen molar-refractivity contribution in [2.45, 2.75) is 81.9 Å². The van der Waals surface area contributed by atoms with E-state index in [0.29, 0.717) is 12.1 Å². The summed E-state index contributed by atoms with van der Waals surface area (Å²) in [7, 11) is 1.75. The SMILES string of the molecule is COC1CCC(NC2CCCCCC2)(C(N)=O)CC1. The number of rotatable bonds is 4. The van der Waals surface area contributed by atoms with Crippen molar-refractivity contribution in [1.29, 1.82) is 0 Å². The Morgan fingerprint density at radius 1 is 1.11 bits per heavy atom. The third kappa shape index (κ3) is 3.69. The maximum absolute atomic E-state index is 11.9. The van der Waals surface area contributed by atoms with Crippen LogP contribution < -0.4 is 11.1 Å². The van der Waals surface area contributed by atoms with Crippen LogP contribution in [-0.2, 0) is 9.53 Å². The Kier molecular flexibility index (Phi) is 5.22. The van der Waals surface area contributed by atoms with E-state index in [9.17, 15) is 4.79 Å². The molecule has 0 unspecified atom stereocenters. The predicted octanol–water partition coefficient (Wildman–Crippen LogP) is 2.11. The zero-order valence-corrected chi connectivity index (χ0v) is 12.1. The van der Waals surface area contributed by atoms with Gasteiger partial charge in [-0.15, -0.1) is 0 Å². The number of carbonyl (C=O) groups is 1. The Bertz CT molecular complexity index is 291. The average Bonchev–Trinajstić information content (AvgIpc) is 2.68. The highest BCUT2D eigenvalue weighted by atomic mass is 16.5. The molecular formula is C15H28N2O2. The zero-order chi connectivity index (χ0) is 13.7. The van der Waals surface area contributed by atoms with Gasteiger partial charge in [0.25, 0.3) is 0 Å². The molecule has 0 aromatic rings. The summed E-state index contributed by atoms with van der Waals surface area (Å²) in [6.45, 7) is 0. The number of primary amides is 1. The van der Waals surface area contributed by atoms with Crippen LogP contribution >= 0.6 is 0 Å². The third-order valence-corrected chi connectivity index (χ3v) is 4.93. The summed E-state index contributed by atoms with van der Waals surface area (Å²) in [5.41, 5.74) is 5.22. The zero-order valence-electron chi connectivity index (χ0n) is 12.1. The highest BCUT2D eigenvalue weighted by molar-refractivity contribution is 5.84. The van der Waals surface area contributed by atoms with Crippen LogP contribution in [0.1, 0.15) is 64.2 Å². The van der Waals surface area contributed by atoms with Gasteiger partial charge in [0.05, 0.1) is 11.6 Å². The molecule has 0 aromatic carbocycles. The smallest absolute Gasteiger partial charge is 0.237 e. The first-order valence-corrected chi connectivity index (χ1v) is 7.77. The van der Waals surface area contributed by atoms with Crippen LogP contribution in [0, 0.1) is 0 Å². The number of methoxy groups -OCH3 is 1. The van der Waals surface area contributed by atoms with Gasteiger partial charge >= 0.3 is 0 Å². The molecule has 0 atom stereocenters. The minimum atomic E-state index is -0.482. The minimum Gasteiger partial charge on any atom is -0.381 e. The summed E-state index contributed by atoms with van der Waals surface area (Å²) < 4.78 is 5.39. The van der Waals surface area contributed by atoms with Gasteiger partial charge in [0.15, 0.2) is 0 Å². The second-order valence-electron chi connectivity index (χ2n) is 6.21. The Hall–Kier alpha value is -0.610. The second-order valence-corrected chi connectivity index (χ2v) is 6.21. The summed E-state index contributed by atoms with van der Waals surface area (Å²) in [4.78, 5) is 11.9. The van der Waals surface area contributed by atoms with E-state index in [1.807, 2.05) is 0 Å². The van der Waals surface area contributed by atoms with Crippen molar-refractivity contribution in [1.82, 2.24) is 5.32 Å². The van der Waals surface area contributed by atoms with Crippen LogP contribution in [-0.4, -0.2) is 30.7 Å². The van der Waals surface area contributed by atoms with E-state index in [4.69, 9.17) is 10.5 Å². The fourth-order valence-electron chi connectivity index (χ4n) is 3.60. The average molecular weight is 268 g/mol. The standard InChI is InChI=1S/C15H28N2O2/c1-19-13-8-10-15(11-9-13,14(16)18)17-12-6-4-2-3-5-7-12/h12-13,17H,2-11H2,1H3,(H2,16,18). The topological polar surface area (TPSA) is 64.3 Å². The molecule has 2 fully saturated rings. The normalized spacial score (nSPS) is 33.8. The molecule has 0 heterocycles. The van der Waals surface area contributed by atoms with Crippen molar-refractivity contribution in [3.63, 3.8) is 0 Å². The summed E-state index contributed by atoms with van der Waals surface area (Å²) in [6, 6.07) is 0.467. The molecular weight excluding hydrogens is 240 g/mol. The van der Waals surface area contributed by atoms with E-state index in [0.717, 1.165) is 25.7 Å². The quantitative estimate of drug-likeness (QED) is 0.768. The lowest BCUT2D eigenvalue weighted by Gasteiger charge is -2.40. The predicted molar refractivity (Wildman–Crippen MR) is 75.8 cm³/mol. The summed E-state index contributed by atoms with van der Waals surface area (Å²) in [6.07, 6.45) is 11.4. The van der Waals surface area contributed by atoms with Crippen molar-refractivity contribution in [3.05, 3.63) is 0 Å². The van der Waals surface area contributed by atoms with E-state index in [1.54, 1.807) is 7.11 Å². The molecule has 110 valence electrons. The van der Waals surface area contributed by atoms with Crippen molar-refractivity contribution in [3.8, 4) is 0 Å². The fraction of sp³-hybridized carbons (Fsp3) is 0.933. The highest BCUT2D eigenvalue weighted by Crippen LogP contribution is 2.31. The Balaban J connectivity index is 1.97. The van der Waals surface area contributed by atoms with Crippen molar-refractivity contribution < 1.29 is 9.53 Å². The molecule has 0 radical (unpaired) electrons. The van der Waals surface area contributed by atoms with Gasteiger partial charge in [-0.25, -0.2) is 0 Å². The highest BCUT2D eigenvalue weighted by Gasteiger charge is 2.41. The molecule has 2 rings (SSSR count). The molecule has 0 aromatic heterocycles. The number of amides is 1. The molecule has 3 N–H and O–H groups in total. The molecule has 2 aliphatic carbocycles. The minimum absolute atomic E-state index is 0.175. The molecule has 0 bridgehead atoms. The molecule has 2 saturated carbocycles. The molecule has 2 aliphatic rings. The maximum atomic E-state index is 11.9. The molecule has 0 aliphatic heterocycles. The van der Waals surface area contributed by atoms with Crippen molar-refractivity contribution in [2.75, 3.05) is 7.11 Å². The van der Waals surface area contributed by atoms with Gasteiger partial charge in [-0.2, -0.15) is 0 Å². The van der Waals surface area contributed by atoms with E-state index < -0.39 is 5.54 Å². The number of ether oxygens (including phenoxy) is 1. The number of nitrogens with two attached hydrogens (primary N) is 1. The molecule has 4 nitrogen and oxygen atoms in total. The van der Waals surface area contributed by atoms with Gasteiger partial charge in [0, 0.05) is 13.2 Å². The van der Waals surface area contributed by atoms with Gasteiger partial charge in [-0.1, -0.05) is 25.7 Å². The molecule has 0 spiro atoms. The van der Waals surface area contributed by atoms with Crippen LogP contribution in [0.3, 0.4) is 0 Å². The van der Waals surface area contributed by atoms with E-state index in [2.05, 4.69) is 5.32 Å². The van der Waals surface area contributed by atoms with Crippen LogP contribution in [0.5, 0.6) is 0 Å². The third-order valence-electron chi connectivity index (χ3n) is 4.93. The van der Waals surface area contributed by atoms with Gasteiger partial charge < -0.3 is 15.8 Å². The monoisotopic (exact) mass is 268 g/mol. The lowest BCUT2D eigenvalue weighted by atomic mass is 9.78. The molecule has 19 heavy (non-hydrogen) atoms. The maximum Gasteiger partial charge on any atom is 0.237 e. The largest absolute Gasteiger partial charge is 0.381 e. The van der Waals surface area contributed by atoms with Gasteiger partial charge in [-0.05, 0) is 38.5 Å². The van der Waals surface area contributed by atoms with E-state index >= 15 is 0 Å². The van der Waals surface area contributed by atoms with Gasteiger partial charge in [0.1, 0.15) is 0 Å². The molecule has 0 saturated heterocycles. The second kappa shape index (κ2) is 6.71. The molecule has 4 heteroatoms. The summed E-state index contributed by atoms with van der Waals surface area (Å²) >= 11 is 0. The van der Waals surface area contributed by atoms with Crippen molar-refractivity contribution in [2.24, 2.45) is 5.73 Å².